The number of nitrogens with zero attached hydrogens (tertiary/aromatic N) is 4. The van der Waals surface area contributed by atoms with Crippen LogP contribution in [0.5, 0.6) is 0 Å². The normalized spacial score (nSPS) is 18.7. The maximum atomic E-state index is 12.9. The fraction of sp³-hybridized carbons (Fsp3) is 0.304. The number of fused-ring (bicyclic) bond motifs is 1. The van der Waals surface area contributed by atoms with Crippen molar-refractivity contribution in [3.63, 3.8) is 0 Å². The number of aliphatic hydroxyl groups is 1. The average Bonchev–Trinajstić information content (AvgIpc) is 3.45. The minimum atomic E-state index is -0.708. The molecule has 5 rings (SSSR count). The van der Waals surface area contributed by atoms with Gasteiger partial charge in [-0.15, -0.1) is 11.3 Å². The topological polar surface area (TPSA) is 102 Å². The molecule has 0 spiro atoms. The van der Waals surface area contributed by atoms with Crippen LogP contribution >= 0.6 is 11.3 Å². The number of hydrogen-bond donors (Lipinski definition) is 2. The van der Waals surface area contributed by atoms with Crippen molar-refractivity contribution in [2.45, 2.75) is 25.0 Å². The van der Waals surface area contributed by atoms with Gasteiger partial charge >= 0.3 is 0 Å². The monoisotopic (exact) mass is 449 g/mol. The van der Waals surface area contributed by atoms with Gasteiger partial charge in [0.2, 0.25) is 0 Å². The molecular formula is C23H23N5O3S. The molecule has 0 radical (unpaired) electrons. The number of amides is 1. The summed E-state index contributed by atoms with van der Waals surface area (Å²) >= 11 is 1.61. The molecule has 2 N–H and O–H groups in total. The quantitative estimate of drug-likeness (QED) is 0.486. The summed E-state index contributed by atoms with van der Waals surface area (Å²) in [4.78, 5) is 22.0. The highest BCUT2D eigenvalue weighted by Crippen LogP contribution is 2.27. The first-order valence-electron chi connectivity index (χ1n) is 10.5. The molecular weight excluding hydrogens is 426 g/mol. The minimum absolute atomic E-state index is 0.231. The summed E-state index contributed by atoms with van der Waals surface area (Å²) in [6.45, 7) is 0.750. The Morgan fingerprint density at radius 2 is 2.22 bits per heavy atom. The summed E-state index contributed by atoms with van der Waals surface area (Å²) in [6.07, 6.45) is 4.24. The van der Waals surface area contributed by atoms with Crippen molar-refractivity contribution >= 4 is 27.5 Å². The highest BCUT2D eigenvalue weighted by molar-refractivity contribution is 7.17. The van der Waals surface area contributed by atoms with Gasteiger partial charge in [0.1, 0.15) is 11.4 Å². The lowest BCUT2D eigenvalue weighted by Gasteiger charge is -2.28. The van der Waals surface area contributed by atoms with Crippen LogP contribution < -0.4 is 5.32 Å². The molecule has 1 fully saturated rings. The first kappa shape index (κ1) is 20.7. The third-order valence-electron chi connectivity index (χ3n) is 5.56. The van der Waals surface area contributed by atoms with Gasteiger partial charge in [-0.3, -0.25) is 14.5 Å². The molecule has 0 bridgehead atoms. The Morgan fingerprint density at radius 1 is 1.31 bits per heavy atom. The number of pyridine rings is 2. The third-order valence-corrected chi connectivity index (χ3v) is 6.54. The average molecular weight is 450 g/mol. The van der Waals surface area contributed by atoms with Gasteiger partial charge in [0.15, 0.2) is 0 Å². The van der Waals surface area contributed by atoms with Gasteiger partial charge in [0.05, 0.1) is 34.7 Å². The Labute approximate surface area is 188 Å². The highest BCUT2D eigenvalue weighted by Gasteiger charge is 2.26. The number of carbonyl (C=O) groups is 1. The van der Waals surface area contributed by atoms with Crippen molar-refractivity contribution in [3.8, 4) is 11.4 Å². The lowest BCUT2D eigenvalue weighted by Crippen LogP contribution is -2.48. The maximum absolute atomic E-state index is 12.9. The Morgan fingerprint density at radius 3 is 2.97 bits per heavy atom. The van der Waals surface area contributed by atoms with E-state index in [9.17, 15) is 9.90 Å². The molecule has 0 aliphatic carbocycles. The summed E-state index contributed by atoms with van der Waals surface area (Å²) in [7, 11) is 1.88. The fourth-order valence-electron chi connectivity index (χ4n) is 3.86. The zero-order valence-electron chi connectivity index (χ0n) is 17.6. The van der Waals surface area contributed by atoms with Gasteiger partial charge in [-0.05, 0) is 47.2 Å². The summed E-state index contributed by atoms with van der Waals surface area (Å²) in [6, 6.07) is 9.36. The lowest BCUT2D eigenvalue weighted by molar-refractivity contribution is -0.0261. The van der Waals surface area contributed by atoms with Crippen LogP contribution in [0.1, 0.15) is 28.0 Å². The number of rotatable bonds is 5. The largest absolute Gasteiger partial charge is 0.389 e. The van der Waals surface area contributed by atoms with Crippen LogP contribution in [-0.4, -0.2) is 56.1 Å². The van der Waals surface area contributed by atoms with Crippen LogP contribution in [0, 0.1) is 0 Å². The van der Waals surface area contributed by atoms with E-state index in [1.807, 2.05) is 55.2 Å². The van der Waals surface area contributed by atoms with E-state index in [0.29, 0.717) is 25.1 Å². The number of aliphatic hydroxyl groups excluding tert-OH is 1. The summed E-state index contributed by atoms with van der Waals surface area (Å²) < 4.78 is 8.05. The van der Waals surface area contributed by atoms with Crippen LogP contribution in [0.25, 0.3) is 21.6 Å². The second-order valence-electron chi connectivity index (χ2n) is 7.92. The second kappa shape index (κ2) is 8.78. The van der Waals surface area contributed by atoms with Gasteiger partial charge in [-0.2, -0.15) is 5.10 Å². The number of thiophene rings is 1. The molecule has 32 heavy (non-hydrogen) atoms. The van der Waals surface area contributed by atoms with Gasteiger partial charge in [0, 0.05) is 32.5 Å². The van der Waals surface area contributed by atoms with Crippen molar-refractivity contribution in [3.05, 3.63) is 64.9 Å². The summed E-state index contributed by atoms with van der Waals surface area (Å²) in [5.74, 6) is -0.283. The van der Waals surface area contributed by atoms with E-state index in [2.05, 4.69) is 20.4 Å². The van der Waals surface area contributed by atoms with E-state index in [4.69, 9.17) is 4.74 Å². The second-order valence-corrected chi connectivity index (χ2v) is 8.83. The molecule has 9 heteroatoms. The van der Waals surface area contributed by atoms with Crippen molar-refractivity contribution in [2.24, 2.45) is 7.05 Å². The number of carbonyl (C=O) groups excluding carboxylic acids is 1. The molecule has 164 valence electrons. The highest BCUT2D eigenvalue weighted by atomic mass is 32.1. The van der Waals surface area contributed by atoms with E-state index in [1.54, 1.807) is 16.0 Å². The molecule has 2 atom stereocenters. The molecule has 4 aromatic heterocycles. The first-order valence-corrected chi connectivity index (χ1v) is 11.3. The number of ether oxygens (including phenoxy) is 1. The number of hydrogen-bond acceptors (Lipinski definition) is 7. The molecule has 1 amide bonds. The smallest absolute Gasteiger partial charge is 0.270 e. The van der Waals surface area contributed by atoms with Crippen LogP contribution in [-0.2, 0) is 18.2 Å². The van der Waals surface area contributed by atoms with Crippen LogP contribution in [0.3, 0.4) is 0 Å². The molecule has 1 aliphatic rings. The predicted molar refractivity (Wildman–Crippen MR) is 122 cm³/mol. The van der Waals surface area contributed by atoms with Crippen LogP contribution in [0.4, 0.5) is 0 Å². The van der Waals surface area contributed by atoms with E-state index in [1.165, 1.54) is 0 Å². The summed E-state index contributed by atoms with van der Waals surface area (Å²) in [5, 5.41) is 19.4. The van der Waals surface area contributed by atoms with Crippen LogP contribution in [0.2, 0.25) is 0 Å². The Hall–Kier alpha value is -3.14. The third kappa shape index (κ3) is 4.27. The van der Waals surface area contributed by atoms with Crippen molar-refractivity contribution in [1.29, 1.82) is 0 Å². The SMILES string of the molecule is Cn1ccc(-c2ccc(Cc3cc(C(=O)N[C@H]4CCOC[C@@H]4O)nc4ccsc34)cn2)n1. The maximum Gasteiger partial charge on any atom is 0.270 e. The van der Waals surface area contributed by atoms with Crippen molar-refractivity contribution in [1.82, 2.24) is 25.1 Å². The number of aryl methyl sites for hydroxylation is 1. The summed E-state index contributed by atoms with van der Waals surface area (Å²) in [5.41, 5.74) is 4.86. The fourth-order valence-corrected chi connectivity index (χ4v) is 4.71. The van der Waals surface area contributed by atoms with E-state index >= 15 is 0 Å². The molecule has 8 nitrogen and oxygen atoms in total. The molecule has 0 unspecified atom stereocenters. The standard InChI is InChI=1S/C23H23N5O3S/c1-28-7-4-17(27-28)16-3-2-14(12-24-16)10-15-11-20(25-19-6-9-32-22(15)19)23(30)26-18-5-8-31-13-21(18)29/h2-4,6-7,9,11-12,18,21,29H,5,8,10,13H2,1H3,(H,26,30)/t18-,21-/m0/s1. The minimum Gasteiger partial charge on any atom is -0.389 e. The van der Waals surface area contributed by atoms with Gasteiger partial charge in [0.25, 0.3) is 5.91 Å². The Bertz CT molecular complexity index is 1250. The lowest BCUT2D eigenvalue weighted by atomic mass is 10.0. The van der Waals surface area contributed by atoms with Crippen LogP contribution in [0.15, 0.2) is 48.1 Å². The first-order chi connectivity index (χ1) is 15.6. The molecule has 0 aromatic carbocycles. The van der Waals surface area contributed by atoms with Gasteiger partial charge < -0.3 is 15.2 Å². The molecule has 5 heterocycles. The van der Waals surface area contributed by atoms with E-state index in [0.717, 1.165) is 32.7 Å². The number of nitrogens with one attached hydrogen (secondary N) is 1. The molecule has 1 saturated heterocycles. The van der Waals surface area contributed by atoms with E-state index < -0.39 is 6.10 Å². The zero-order chi connectivity index (χ0) is 22.1. The predicted octanol–water partition coefficient (Wildman–Crippen LogP) is 2.56. The molecule has 0 saturated carbocycles. The molecule has 4 aromatic rings. The zero-order valence-corrected chi connectivity index (χ0v) is 18.4. The number of aromatic nitrogens is 4. The van der Waals surface area contributed by atoms with Gasteiger partial charge in [-0.25, -0.2) is 4.98 Å². The van der Waals surface area contributed by atoms with E-state index in [-0.39, 0.29) is 18.6 Å². The Kier molecular flexibility index (Phi) is 5.69. The molecule has 1 aliphatic heterocycles. The van der Waals surface area contributed by atoms with Crippen molar-refractivity contribution in [2.75, 3.05) is 13.2 Å². The van der Waals surface area contributed by atoms with Gasteiger partial charge in [-0.1, -0.05) is 6.07 Å². The Balaban J connectivity index is 1.39. The van der Waals surface area contributed by atoms with Crippen molar-refractivity contribution < 1.29 is 14.6 Å².